The highest BCUT2D eigenvalue weighted by Gasteiger charge is 2.26. The fraction of sp³-hybridized carbons (Fsp3) is 0.636. The van der Waals surface area contributed by atoms with Crippen LogP contribution >= 0.6 is 11.6 Å². The van der Waals surface area contributed by atoms with Crippen molar-refractivity contribution in [2.75, 3.05) is 25.1 Å². The van der Waals surface area contributed by atoms with Crippen molar-refractivity contribution in [3.8, 4) is 0 Å². The van der Waals surface area contributed by atoms with Crippen LogP contribution in [0.15, 0.2) is 11.1 Å². The van der Waals surface area contributed by atoms with Gasteiger partial charge in [0.1, 0.15) is 5.69 Å². The molecule has 0 radical (unpaired) electrons. The predicted octanol–water partition coefficient (Wildman–Crippen LogP) is 0.150. The number of anilines is 1. The number of hydrogen-bond acceptors (Lipinski definition) is 5. The number of piperidine rings is 1. The van der Waals surface area contributed by atoms with Crippen molar-refractivity contribution in [3.05, 3.63) is 21.8 Å². The SMILES string of the molecule is CS(=O)(=O)N1CCCC(Cn2cnc(Cl)c(N)c2=O)C1. The fourth-order valence-electron chi connectivity index (χ4n) is 2.37. The van der Waals surface area contributed by atoms with E-state index in [0.29, 0.717) is 19.6 Å². The molecule has 1 fully saturated rings. The van der Waals surface area contributed by atoms with Gasteiger partial charge in [-0.15, -0.1) is 0 Å². The third-order valence-electron chi connectivity index (χ3n) is 3.43. The zero-order chi connectivity index (χ0) is 14.9. The second kappa shape index (κ2) is 5.71. The average molecular weight is 321 g/mol. The first kappa shape index (κ1) is 15.3. The third kappa shape index (κ3) is 3.31. The van der Waals surface area contributed by atoms with Gasteiger partial charge in [-0.3, -0.25) is 9.36 Å². The molecule has 1 aliphatic heterocycles. The summed E-state index contributed by atoms with van der Waals surface area (Å²) < 4.78 is 25.9. The maximum absolute atomic E-state index is 11.9. The van der Waals surface area contributed by atoms with Crippen LogP contribution in [0.1, 0.15) is 12.8 Å². The van der Waals surface area contributed by atoms with E-state index in [9.17, 15) is 13.2 Å². The number of hydrogen-bond donors (Lipinski definition) is 1. The van der Waals surface area contributed by atoms with E-state index >= 15 is 0 Å². The Hall–Kier alpha value is -1.12. The van der Waals surface area contributed by atoms with Gasteiger partial charge in [0.25, 0.3) is 5.56 Å². The number of sulfonamides is 1. The van der Waals surface area contributed by atoms with Gasteiger partial charge in [0, 0.05) is 19.6 Å². The number of halogens is 1. The van der Waals surface area contributed by atoms with Gasteiger partial charge in [0.15, 0.2) is 5.15 Å². The summed E-state index contributed by atoms with van der Waals surface area (Å²) in [6.07, 6.45) is 4.19. The first-order valence-corrected chi connectivity index (χ1v) is 8.47. The maximum atomic E-state index is 11.9. The minimum absolute atomic E-state index is 0.00680. The van der Waals surface area contributed by atoms with Crippen LogP contribution in [0.2, 0.25) is 5.15 Å². The molecule has 0 saturated carbocycles. The van der Waals surface area contributed by atoms with Crippen molar-refractivity contribution >= 4 is 27.3 Å². The Labute approximate surface area is 122 Å². The first-order chi connectivity index (χ1) is 9.29. The van der Waals surface area contributed by atoms with Crippen LogP contribution in [0.4, 0.5) is 5.69 Å². The smallest absolute Gasteiger partial charge is 0.278 e. The van der Waals surface area contributed by atoms with Crippen LogP contribution in [-0.4, -0.2) is 41.6 Å². The van der Waals surface area contributed by atoms with E-state index in [2.05, 4.69) is 4.98 Å². The predicted molar refractivity (Wildman–Crippen MR) is 77.1 cm³/mol. The molecule has 1 aromatic rings. The highest BCUT2D eigenvalue weighted by Crippen LogP contribution is 2.20. The molecule has 1 aliphatic rings. The summed E-state index contributed by atoms with van der Waals surface area (Å²) in [5.41, 5.74) is 5.08. The lowest BCUT2D eigenvalue weighted by molar-refractivity contribution is 0.244. The van der Waals surface area contributed by atoms with Gasteiger partial charge in [-0.25, -0.2) is 17.7 Å². The number of rotatable bonds is 3. The molecule has 1 aromatic heterocycles. The molecule has 20 heavy (non-hydrogen) atoms. The number of nitrogens with zero attached hydrogens (tertiary/aromatic N) is 3. The van der Waals surface area contributed by atoms with Crippen molar-refractivity contribution in [3.63, 3.8) is 0 Å². The third-order valence-corrected chi connectivity index (χ3v) is 5.00. The molecule has 1 saturated heterocycles. The summed E-state index contributed by atoms with van der Waals surface area (Å²) in [7, 11) is -3.19. The average Bonchev–Trinajstić information content (AvgIpc) is 2.39. The van der Waals surface area contributed by atoms with Gasteiger partial charge < -0.3 is 5.73 Å². The minimum Gasteiger partial charge on any atom is -0.392 e. The Balaban J connectivity index is 2.15. The Kier molecular flexibility index (Phi) is 4.36. The largest absolute Gasteiger partial charge is 0.392 e. The molecule has 2 heterocycles. The minimum atomic E-state index is -3.19. The van der Waals surface area contributed by atoms with E-state index in [1.54, 1.807) is 0 Å². The monoisotopic (exact) mass is 320 g/mol. The zero-order valence-electron chi connectivity index (χ0n) is 11.1. The molecule has 2 N–H and O–H groups in total. The lowest BCUT2D eigenvalue weighted by atomic mass is 10.00. The normalized spacial score (nSPS) is 21.0. The van der Waals surface area contributed by atoms with E-state index < -0.39 is 10.0 Å². The van der Waals surface area contributed by atoms with Crippen LogP contribution in [-0.2, 0) is 16.6 Å². The Bertz CT molecular complexity index is 658. The molecule has 112 valence electrons. The Morgan fingerprint density at radius 2 is 2.25 bits per heavy atom. The molecule has 1 atom stereocenters. The fourth-order valence-corrected chi connectivity index (χ4v) is 3.44. The van der Waals surface area contributed by atoms with E-state index in [-0.39, 0.29) is 22.3 Å². The maximum Gasteiger partial charge on any atom is 0.278 e. The molecular formula is C11H17ClN4O3S. The molecule has 0 amide bonds. The summed E-state index contributed by atoms with van der Waals surface area (Å²) in [5, 5.41) is -0.00680. The summed E-state index contributed by atoms with van der Waals surface area (Å²) in [6.45, 7) is 1.33. The second-order valence-corrected chi connectivity index (χ2v) is 7.38. The Morgan fingerprint density at radius 1 is 1.55 bits per heavy atom. The van der Waals surface area contributed by atoms with Crippen LogP contribution < -0.4 is 11.3 Å². The van der Waals surface area contributed by atoms with E-state index in [1.165, 1.54) is 21.5 Å². The van der Waals surface area contributed by atoms with E-state index in [0.717, 1.165) is 12.8 Å². The van der Waals surface area contributed by atoms with Crippen molar-refractivity contribution in [2.24, 2.45) is 5.92 Å². The van der Waals surface area contributed by atoms with Gasteiger partial charge in [0.05, 0.1) is 12.6 Å². The summed E-state index contributed by atoms with van der Waals surface area (Å²) in [6, 6.07) is 0. The molecule has 1 unspecified atom stereocenters. The van der Waals surface area contributed by atoms with Crippen molar-refractivity contribution in [2.45, 2.75) is 19.4 Å². The molecule has 9 heteroatoms. The van der Waals surface area contributed by atoms with Crippen molar-refractivity contribution in [1.29, 1.82) is 0 Å². The number of nitrogens with two attached hydrogens (primary N) is 1. The second-order valence-electron chi connectivity index (χ2n) is 5.04. The summed E-state index contributed by atoms with van der Waals surface area (Å²) >= 11 is 5.67. The van der Waals surface area contributed by atoms with Gasteiger partial charge in [-0.1, -0.05) is 11.6 Å². The topological polar surface area (TPSA) is 98.3 Å². The number of nitrogen functional groups attached to an aromatic ring is 1. The molecule has 0 bridgehead atoms. The van der Waals surface area contributed by atoms with Crippen LogP contribution in [0.3, 0.4) is 0 Å². The van der Waals surface area contributed by atoms with Gasteiger partial charge in [-0.05, 0) is 18.8 Å². The molecule has 0 aliphatic carbocycles. The molecule has 7 nitrogen and oxygen atoms in total. The van der Waals surface area contributed by atoms with Gasteiger partial charge >= 0.3 is 0 Å². The zero-order valence-corrected chi connectivity index (χ0v) is 12.7. The summed E-state index contributed by atoms with van der Waals surface area (Å²) in [4.78, 5) is 15.8. The Morgan fingerprint density at radius 3 is 2.90 bits per heavy atom. The summed E-state index contributed by atoms with van der Waals surface area (Å²) in [5.74, 6) is 0.0681. The highest BCUT2D eigenvalue weighted by atomic mass is 35.5. The van der Waals surface area contributed by atoms with Crippen molar-refractivity contribution in [1.82, 2.24) is 13.9 Å². The lowest BCUT2D eigenvalue weighted by Gasteiger charge is -2.31. The quantitative estimate of drug-likeness (QED) is 0.799. The molecule has 2 rings (SSSR count). The van der Waals surface area contributed by atoms with Crippen molar-refractivity contribution < 1.29 is 8.42 Å². The molecule has 0 aromatic carbocycles. The van der Waals surface area contributed by atoms with E-state index in [1.807, 2.05) is 0 Å². The van der Waals surface area contributed by atoms with Crippen LogP contribution in [0.25, 0.3) is 0 Å². The standard InChI is InChI=1S/C11H17ClN4O3S/c1-20(18,19)16-4-2-3-8(6-16)5-15-7-14-10(12)9(13)11(15)17/h7-8H,2-6,13H2,1H3. The van der Waals surface area contributed by atoms with Crippen LogP contribution in [0, 0.1) is 5.92 Å². The van der Waals surface area contributed by atoms with E-state index in [4.69, 9.17) is 17.3 Å². The highest BCUT2D eigenvalue weighted by molar-refractivity contribution is 7.88. The van der Waals surface area contributed by atoms with Gasteiger partial charge in [0.2, 0.25) is 10.0 Å². The van der Waals surface area contributed by atoms with Crippen LogP contribution in [0.5, 0.6) is 0 Å². The lowest BCUT2D eigenvalue weighted by Crippen LogP contribution is -2.41. The molecule has 0 spiro atoms. The first-order valence-electron chi connectivity index (χ1n) is 6.24. The number of aromatic nitrogens is 2. The van der Waals surface area contributed by atoms with Gasteiger partial charge in [-0.2, -0.15) is 0 Å². The molecular weight excluding hydrogens is 304 g/mol.